The molecule has 0 aliphatic heterocycles. The number of methoxy groups -OCH3 is 1. The molecular formula is C16H24O3. The standard InChI is InChI=1S/C16H24O3/c1-4-6-16(19-5-2)15(17)12-9-13-7-10-14(18-3)11-8-13/h7-8,10-11,16H,4-6,9,12H2,1-3H3. The van der Waals surface area contributed by atoms with E-state index < -0.39 is 0 Å². The molecule has 0 amide bonds. The molecule has 1 aromatic rings. The number of ketones is 1. The number of aryl methyl sites for hydroxylation is 1. The molecule has 1 atom stereocenters. The fourth-order valence-electron chi connectivity index (χ4n) is 2.02. The van der Waals surface area contributed by atoms with E-state index in [1.165, 1.54) is 0 Å². The topological polar surface area (TPSA) is 35.5 Å². The lowest BCUT2D eigenvalue weighted by Gasteiger charge is -2.14. The molecule has 3 heteroatoms. The molecule has 0 heterocycles. The van der Waals surface area contributed by atoms with Crippen molar-refractivity contribution >= 4 is 5.78 Å². The highest BCUT2D eigenvalue weighted by molar-refractivity contribution is 5.83. The Hall–Kier alpha value is -1.35. The molecule has 0 aromatic heterocycles. The van der Waals surface area contributed by atoms with E-state index in [0.29, 0.717) is 13.0 Å². The molecule has 0 aliphatic rings. The van der Waals surface area contributed by atoms with E-state index in [1.807, 2.05) is 31.2 Å². The number of rotatable bonds is 9. The summed E-state index contributed by atoms with van der Waals surface area (Å²) in [5.41, 5.74) is 1.15. The van der Waals surface area contributed by atoms with E-state index in [4.69, 9.17) is 9.47 Å². The predicted molar refractivity (Wildman–Crippen MR) is 76.6 cm³/mol. The fraction of sp³-hybridized carbons (Fsp3) is 0.562. The van der Waals surface area contributed by atoms with E-state index in [-0.39, 0.29) is 11.9 Å². The first-order valence-corrected chi connectivity index (χ1v) is 6.98. The highest BCUT2D eigenvalue weighted by Gasteiger charge is 2.17. The summed E-state index contributed by atoms with van der Waals surface area (Å²) in [7, 11) is 1.65. The lowest BCUT2D eigenvalue weighted by atomic mass is 10.0. The van der Waals surface area contributed by atoms with Crippen LogP contribution in [0.25, 0.3) is 0 Å². The summed E-state index contributed by atoms with van der Waals surface area (Å²) >= 11 is 0. The van der Waals surface area contributed by atoms with Gasteiger partial charge in [0.2, 0.25) is 0 Å². The molecule has 0 saturated carbocycles. The molecule has 0 radical (unpaired) electrons. The Morgan fingerprint density at radius 1 is 1.21 bits per heavy atom. The van der Waals surface area contributed by atoms with Crippen LogP contribution < -0.4 is 4.74 Å². The zero-order valence-electron chi connectivity index (χ0n) is 12.1. The highest BCUT2D eigenvalue weighted by Crippen LogP contribution is 2.14. The van der Waals surface area contributed by atoms with Gasteiger partial charge < -0.3 is 9.47 Å². The number of carbonyl (C=O) groups is 1. The SMILES string of the molecule is CCCC(OCC)C(=O)CCc1ccc(OC)cc1. The van der Waals surface area contributed by atoms with Crippen LogP contribution in [-0.4, -0.2) is 25.6 Å². The van der Waals surface area contributed by atoms with Gasteiger partial charge in [-0.25, -0.2) is 0 Å². The molecule has 3 nitrogen and oxygen atoms in total. The largest absolute Gasteiger partial charge is 0.497 e. The zero-order valence-corrected chi connectivity index (χ0v) is 12.1. The Labute approximate surface area is 115 Å². The average Bonchev–Trinajstić information content (AvgIpc) is 2.45. The van der Waals surface area contributed by atoms with Crippen molar-refractivity contribution in [1.29, 1.82) is 0 Å². The van der Waals surface area contributed by atoms with Crippen molar-refractivity contribution in [2.45, 2.75) is 45.6 Å². The van der Waals surface area contributed by atoms with Gasteiger partial charge in [0.1, 0.15) is 11.9 Å². The van der Waals surface area contributed by atoms with Crippen LogP contribution in [0.2, 0.25) is 0 Å². The van der Waals surface area contributed by atoms with Crippen LogP contribution in [0.4, 0.5) is 0 Å². The fourth-order valence-corrected chi connectivity index (χ4v) is 2.02. The van der Waals surface area contributed by atoms with E-state index in [0.717, 1.165) is 30.6 Å². The maximum absolute atomic E-state index is 12.1. The highest BCUT2D eigenvalue weighted by atomic mass is 16.5. The van der Waals surface area contributed by atoms with Crippen LogP contribution in [0.3, 0.4) is 0 Å². The van der Waals surface area contributed by atoms with Crippen molar-refractivity contribution in [1.82, 2.24) is 0 Å². The number of carbonyl (C=O) groups excluding carboxylic acids is 1. The Morgan fingerprint density at radius 2 is 1.89 bits per heavy atom. The second kappa shape index (κ2) is 8.70. The van der Waals surface area contributed by atoms with Gasteiger partial charge in [-0.3, -0.25) is 4.79 Å². The van der Waals surface area contributed by atoms with Gasteiger partial charge in [-0.05, 0) is 37.5 Å². The van der Waals surface area contributed by atoms with E-state index in [1.54, 1.807) is 7.11 Å². The van der Waals surface area contributed by atoms with Gasteiger partial charge in [-0.2, -0.15) is 0 Å². The molecular weight excluding hydrogens is 240 g/mol. The number of hydrogen-bond acceptors (Lipinski definition) is 3. The summed E-state index contributed by atoms with van der Waals surface area (Å²) in [4.78, 5) is 12.1. The smallest absolute Gasteiger partial charge is 0.161 e. The van der Waals surface area contributed by atoms with Crippen LogP contribution in [0.1, 0.15) is 38.7 Å². The Morgan fingerprint density at radius 3 is 2.42 bits per heavy atom. The summed E-state index contributed by atoms with van der Waals surface area (Å²) in [6.45, 7) is 4.60. The van der Waals surface area contributed by atoms with E-state index in [9.17, 15) is 4.79 Å². The molecule has 1 unspecified atom stereocenters. The predicted octanol–water partition coefficient (Wildman–Crippen LogP) is 3.40. The van der Waals surface area contributed by atoms with Gasteiger partial charge in [0.05, 0.1) is 7.11 Å². The average molecular weight is 264 g/mol. The van der Waals surface area contributed by atoms with Crippen molar-refractivity contribution in [2.24, 2.45) is 0 Å². The van der Waals surface area contributed by atoms with Crippen molar-refractivity contribution in [3.63, 3.8) is 0 Å². The Kier molecular flexibility index (Phi) is 7.19. The summed E-state index contributed by atoms with van der Waals surface area (Å²) in [5, 5.41) is 0. The van der Waals surface area contributed by atoms with Gasteiger partial charge in [0, 0.05) is 13.0 Å². The molecule has 0 N–H and O–H groups in total. The first-order chi connectivity index (χ1) is 9.21. The third-order valence-electron chi connectivity index (χ3n) is 3.10. The van der Waals surface area contributed by atoms with Crippen LogP contribution in [0.5, 0.6) is 5.75 Å². The van der Waals surface area contributed by atoms with Crippen molar-refractivity contribution < 1.29 is 14.3 Å². The Balaban J connectivity index is 2.46. The van der Waals surface area contributed by atoms with Crippen molar-refractivity contribution in [2.75, 3.05) is 13.7 Å². The minimum atomic E-state index is -0.228. The first-order valence-electron chi connectivity index (χ1n) is 6.98. The maximum Gasteiger partial charge on any atom is 0.161 e. The summed E-state index contributed by atoms with van der Waals surface area (Å²) in [5.74, 6) is 1.05. The molecule has 0 bridgehead atoms. The third kappa shape index (κ3) is 5.43. The van der Waals surface area contributed by atoms with Crippen LogP contribution >= 0.6 is 0 Å². The number of benzene rings is 1. The normalized spacial score (nSPS) is 12.2. The lowest BCUT2D eigenvalue weighted by molar-refractivity contribution is -0.130. The molecule has 0 saturated heterocycles. The molecule has 1 aromatic carbocycles. The number of Topliss-reactive ketones (excluding diaryl/α,β-unsaturated/α-hetero) is 1. The molecule has 19 heavy (non-hydrogen) atoms. The van der Waals surface area contributed by atoms with Gasteiger partial charge in [0.25, 0.3) is 0 Å². The second-order valence-electron chi connectivity index (χ2n) is 4.55. The number of ether oxygens (including phenoxy) is 2. The summed E-state index contributed by atoms with van der Waals surface area (Å²) < 4.78 is 10.6. The minimum absolute atomic E-state index is 0.208. The van der Waals surface area contributed by atoms with Gasteiger partial charge in [-0.1, -0.05) is 25.5 Å². The third-order valence-corrected chi connectivity index (χ3v) is 3.10. The summed E-state index contributed by atoms with van der Waals surface area (Å²) in [6.07, 6.45) is 2.86. The molecule has 106 valence electrons. The van der Waals surface area contributed by atoms with Crippen LogP contribution in [0, 0.1) is 0 Å². The lowest BCUT2D eigenvalue weighted by Crippen LogP contribution is -2.24. The van der Waals surface area contributed by atoms with Crippen LogP contribution in [-0.2, 0) is 16.0 Å². The maximum atomic E-state index is 12.1. The van der Waals surface area contributed by atoms with Gasteiger partial charge >= 0.3 is 0 Å². The molecule has 0 fully saturated rings. The first kappa shape index (κ1) is 15.7. The van der Waals surface area contributed by atoms with Crippen molar-refractivity contribution in [3.05, 3.63) is 29.8 Å². The van der Waals surface area contributed by atoms with Crippen LogP contribution in [0.15, 0.2) is 24.3 Å². The molecule has 0 spiro atoms. The zero-order chi connectivity index (χ0) is 14.1. The quantitative estimate of drug-likeness (QED) is 0.685. The number of hydrogen-bond donors (Lipinski definition) is 0. The summed E-state index contributed by atoms with van der Waals surface area (Å²) in [6, 6.07) is 7.85. The van der Waals surface area contributed by atoms with E-state index in [2.05, 4.69) is 6.92 Å². The minimum Gasteiger partial charge on any atom is -0.497 e. The van der Waals surface area contributed by atoms with Gasteiger partial charge in [-0.15, -0.1) is 0 Å². The van der Waals surface area contributed by atoms with Crippen molar-refractivity contribution in [3.8, 4) is 5.75 Å². The molecule has 0 aliphatic carbocycles. The monoisotopic (exact) mass is 264 g/mol. The molecule has 1 rings (SSSR count). The van der Waals surface area contributed by atoms with Gasteiger partial charge in [0.15, 0.2) is 5.78 Å². The van der Waals surface area contributed by atoms with E-state index >= 15 is 0 Å². The second-order valence-corrected chi connectivity index (χ2v) is 4.55. The Bertz CT molecular complexity index is 364.